The maximum atomic E-state index is 13.3. The lowest BCUT2D eigenvalue weighted by Gasteiger charge is -2.50. The van der Waals surface area contributed by atoms with E-state index in [-0.39, 0.29) is 23.5 Å². The maximum absolute atomic E-state index is 13.3. The quantitative estimate of drug-likeness (QED) is 0.181. The molecule has 2 aliphatic heterocycles. The van der Waals surface area contributed by atoms with Crippen molar-refractivity contribution in [2.75, 3.05) is 22.9 Å². The van der Waals surface area contributed by atoms with Crippen molar-refractivity contribution in [3.63, 3.8) is 0 Å². The summed E-state index contributed by atoms with van der Waals surface area (Å²) < 4.78 is 49.6. The first-order valence-electron chi connectivity index (χ1n) is 14.1. The average molecular weight is 654 g/mol. The zero-order valence-electron chi connectivity index (χ0n) is 25.1. The summed E-state index contributed by atoms with van der Waals surface area (Å²) in [5.74, 6) is -0.852. The standard InChI is InChI=1S/C29H39N3O12S/c1-15(34)30-27-25(24(37)21(14-33)44-29(27,2)3)42-22-13-19(35)23(36)26(43-22)28(38)31-16-10-11-18(32-45(4,39)40)20(12-16)41-17-8-6-5-7-9-17/h5-12,19,21-27,32-33,35-37H,13-14H2,1-4H3,(H,30,34)(H,31,38). The van der Waals surface area contributed by atoms with Crippen LogP contribution in [0.15, 0.2) is 48.5 Å². The molecule has 2 aliphatic rings. The van der Waals surface area contributed by atoms with Gasteiger partial charge in [0.05, 0.1) is 36.3 Å². The highest BCUT2D eigenvalue weighted by molar-refractivity contribution is 7.92. The lowest BCUT2D eigenvalue weighted by atomic mass is 9.84. The number of hydrogen-bond acceptors (Lipinski definition) is 12. The number of sulfonamides is 1. The fourth-order valence-corrected chi connectivity index (χ4v) is 5.80. The van der Waals surface area contributed by atoms with E-state index in [1.807, 2.05) is 0 Å². The van der Waals surface area contributed by atoms with Crippen molar-refractivity contribution in [1.29, 1.82) is 0 Å². The highest BCUT2D eigenvalue weighted by atomic mass is 32.2. The first-order chi connectivity index (χ1) is 21.1. The molecule has 248 valence electrons. The first kappa shape index (κ1) is 34.5. The Morgan fingerprint density at radius 2 is 1.76 bits per heavy atom. The third-order valence-corrected chi connectivity index (χ3v) is 7.90. The van der Waals surface area contributed by atoms with E-state index in [0.717, 1.165) is 6.26 Å². The van der Waals surface area contributed by atoms with Crippen molar-refractivity contribution in [3.8, 4) is 11.5 Å². The molecule has 7 N–H and O–H groups in total. The second-order valence-corrected chi connectivity index (χ2v) is 13.2. The Hall–Kier alpha value is -3.35. The number of ether oxygens (including phenoxy) is 4. The van der Waals surface area contributed by atoms with Crippen LogP contribution in [0.2, 0.25) is 0 Å². The molecule has 8 atom stereocenters. The molecule has 4 rings (SSSR count). The van der Waals surface area contributed by atoms with E-state index in [9.17, 15) is 38.4 Å². The molecule has 0 aliphatic carbocycles. The summed E-state index contributed by atoms with van der Waals surface area (Å²) in [7, 11) is -3.68. The molecule has 2 amide bonds. The second-order valence-electron chi connectivity index (χ2n) is 11.5. The molecule has 2 heterocycles. The number of nitrogens with one attached hydrogen (secondary N) is 3. The Kier molecular flexibility index (Phi) is 10.7. The lowest BCUT2D eigenvalue weighted by molar-refractivity contribution is -0.302. The molecule has 0 saturated carbocycles. The Bertz CT molecular complexity index is 1460. The minimum atomic E-state index is -3.68. The van der Waals surface area contributed by atoms with Crippen LogP contribution in [0.5, 0.6) is 11.5 Å². The van der Waals surface area contributed by atoms with Crippen molar-refractivity contribution in [2.24, 2.45) is 0 Å². The van der Waals surface area contributed by atoms with Gasteiger partial charge in [-0.3, -0.25) is 14.3 Å². The molecule has 0 radical (unpaired) electrons. The highest BCUT2D eigenvalue weighted by Crippen LogP contribution is 2.35. The summed E-state index contributed by atoms with van der Waals surface area (Å²) in [4.78, 5) is 25.3. The largest absolute Gasteiger partial charge is 0.455 e. The van der Waals surface area contributed by atoms with Crippen LogP contribution in [-0.4, -0.2) is 108 Å². The van der Waals surface area contributed by atoms with Gasteiger partial charge < -0.3 is 50.0 Å². The summed E-state index contributed by atoms with van der Waals surface area (Å²) in [6.07, 6.45) is -9.12. The van der Waals surface area contributed by atoms with Crippen molar-refractivity contribution in [1.82, 2.24) is 5.32 Å². The fourth-order valence-electron chi connectivity index (χ4n) is 5.23. The first-order valence-corrected chi connectivity index (χ1v) is 16.0. The van der Waals surface area contributed by atoms with Crippen molar-refractivity contribution in [3.05, 3.63) is 48.5 Å². The van der Waals surface area contributed by atoms with Gasteiger partial charge in [0.15, 0.2) is 18.1 Å². The molecule has 0 spiro atoms. The third-order valence-electron chi connectivity index (χ3n) is 7.31. The number of carbonyl (C=O) groups excluding carboxylic acids is 2. The van der Waals surface area contributed by atoms with Gasteiger partial charge in [0, 0.05) is 25.1 Å². The predicted octanol–water partition coefficient (Wildman–Crippen LogP) is 0.0462. The topological polar surface area (TPSA) is 222 Å². The van der Waals surface area contributed by atoms with Gasteiger partial charge in [-0.1, -0.05) is 18.2 Å². The number of aliphatic hydroxyl groups excluding tert-OH is 4. The number of hydrogen-bond donors (Lipinski definition) is 7. The highest BCUT2D eigenvalue weighted by Gasteiger charge is 2.52. The van der Waals surface area contributed by atoms with E-state index >= 15 is 0 Å². The van der Waals surface area contributed by atoms with E-state index in [0.29, 0.717) is 5.75 Å². The average Bonchev–Trinajstić information content (AvgIpc) is 2.95. The van der Waals surface area contributed by atoms with Crippen LogP contribution in [-0.2, 0) is 33.8 Å². The number of amides is 2. The zero-order valence-corrected chi connectivity index (χ0v) is 25.9. The summed E-state index contributed by atoms with van der Waals surface area (Å²) >= 11 is 0. The van der Waals surface area contributed by atoms with Gasteiger partial charge >= 0.3 is 0 Å². The van der Waals surface area contributed by atoms with Crippen LogP contribution in [0.25, 0.3) is 0 Å². The molecule has 2 fully saturated rings. The van der Waals surface area contributed by atoms with E-state index in [4.69, 9.17) is 18.9 Å². The fraction of sp³-hybridized carbons (Fsp3) is 0.517. The van der Waals surface area contributed by atoms with Crippen LogP contribution in [0, 0.1) is 0 Å². The van der Waals surface area contributed by atoms with Gasteiger partial charge in [0.1, 0.15) is 30.2 Å². The number of anilines is 2. The number of para-hydroxylation sites is 1. The molecule has 45 heavy (non-hydrogen) atoms. The number of carbonyl (C=O) groups is 2. The van der Waals surface area contributed by atoms with Crippen LogP contribution in [0.1, 0.15) is 27.2 Å². The summed E-state index contributed by atoms with van der Waals surface area (Å²) in [5.41, 5.74) is -0.856. The molecular weight excluding hydrogens is 614 g/mol. The lowest BCUT2D eigenvalue weighted by Crippen LogP contribution is -2.69. The van der Waals surface area contributed by atoms with Gasteiger partial charge in [-0.2, -0.15) is 0 Å². The minimum Gasteiger partial charge on any atom is -0.455 e. The molecule has 15 nitrogen and oxygen atoms in total. The van der Waals surface area contributed by atoms with Crippen LogP contribution in [0.3, 0.4) is 0 Å². The van der Waals surface area contributed by atoms with E-state index in [1.54, 1.807) is 44.2 Å². The molecule has 16 heteroatoms. The Balaban J connectivity index is 1.54. The monoisotopic (exact) mass is 653 g/mol. The Morgan fingerprint density at radius 3 is 2.38 bits per heavy atom. The number of benzene rings is 2. The van der Waals surface area contributed by atoms with E-state index in [1.165, 1.54) is 25.1 Å². The number of rotatable bonds is 10. The molecule has 0 bridgehead atoms. The second kappa shape index (κ2) is 14.0. The SMILES string of the molecule is CC(=O)NC1C(OC2CC(O)C(O)C(C(=O)Nc3ccc(NS(C)(=O)=O)c(Oc4ccccc4)c3)O2)C(O)C(CO)OC1(C)C. The van der Waals surface area contributed by atoms with E-state index < -0.39 is 83.0 Å². The molecule has 2 aromatic rings. The molecule has 2 aromatic carbocycles. The normalized spacial score (nSPS) is 29.8. The zero-order chi connectivity index (χ0) is 33.1. The number of aliphatic hydroxyl groups is 4. The maximum Gasteiger partial charge on any atom is 0.256 e. The van der Waals surface area contributed by atoms with Gasteiger partial charge in [0.25, 0.3) is 5.91 Å². The molecule has 8 unspecified atom stereocenters. The van der Waals surface area contributed by atoms with Gasteiger partial charge in [-0.15, -0.1) is 0 Å². The Morgan fingerprint density at radius 1 is 1.07 bits per heavy atom. The van der Waals surface area contributed by atoms with Crippen molar-refractivity contribution < 1.29 is 57.4 Å². The Labute approximate surface area is 260 Å². The summed E-state index contributed by atoms with van der Waals surface area (Å²) in [6, 6.07) is 11.7. The smallest absolute Gasteiger partial charge is 0.256 e. The van der Waals surface area contributed by atoms with Crippen LogP contribution >= 0.6 is 0 Å². The van der Waals surface area contributed by atoms with Crippen LogP contribution in [0.4, 0.5) is 11.4 Å². The van der Waals surface area contributed by atoms with Crippen molar-refractivity contribution >= 4 is 33.2 Å². The summed E-state index contributed by atoms with van der Waals surface area (Å²) in [5, 5.41) is 47.2. The van der Waals surface area contributed by atoms with Crippen LogP contribution < -0.4 is 20.1 Å². The molecule has 2 saturated heterocycles. The van der Waals surface area contributed by atoms with Crippen molar-refractivity contribution in [2.45, 2.75) is 81.7 Å². The summed E-state index contributed by atoms with van der Waals surface area (Å²) in [6.45, 7) is 4.00. The van der Waals surface area contributed by atoms with Gasteiger partial charge in [0.2, 0.25) is 15.9 Å². The van der Waals surface area contributed by atoms with Gasteiger partial charge in [-0.25, -0.2) is 8.42 Å². The van der Waals surface area contributed by atoms with E-state index in [2.05, 4.69) is 15.4 Å². The third kappa shape index (κ3) is 8.68. The molecule has 0 aromatic heterocycles. The predicted molar refractivity (Wildman–Crippen MR) is 160 cm³/mol. The van der Waals surface area contributed by atoms with Gasteiger partial charge in [-0.05, 0) is 38.1 Å². The minimum absolute atomic E-state index is 0.0642. The molecular formula is C29H39N3O12S.